The second-order valence-corrected chi connectivity index (χ2v) is 11.9. The molecule has 2 aliphatic rings. The predicted molar refractivity (Wildman–Crippen MR) is 157 cm³/mol. The Kier molecular flexibility index (Phi) is 11.5. The standard InChI is InChI=1S/C31H40O16/c1-12(8-14-4-6-17(16(32)10-14)44-30-24(37)20(33)22(35)26(46-30)28(39)40)13(2)9-15-5-7-18(43-3)19(11-15)45-31-25(38)21(34)23(36)27(47-31)29(41)42/h4-7,10-13,20-27,30-38H,8-9H2,1-3H3,(H,39,40)(H,41,42). The van der Waals surface area contributed by atoms with Crippen molar-refractivity contribution in [2.75, 3.05) is 7.11 Å². The van der Waals surface area contributed by atoms with Crippen molar-refractivity contribution in [2.45, 2.75) is 88.1 Å². The Hall–Kier alpha value is -3.74. The molecule has 0 aliphatic carbocycles. The molecule has 2 fully saturated rings. The molecule has 0 aromatic heterocycles. The Morgan fingerprint density at radius 1 is 0.660 bits per heavy atom. The number of hydrogen-bond donors (Lipinski definition) is 9. The number of rotatable bonds is 12. The monoisotopic (exact) mass is 668 g/mol. The SMILES string of the molecule is COc1ccc(CC(C)C(C)Cc2ccc(OC3OC(C(=O)O)C(O)C(O)C3O)c(O)c2)cc1OC1OC(C(=O)O)C(O)C(O)C1O. The van der Waals surface area contributed by atoms with Crippen LogP contribution in [0.1, 0.15) is 25.0 Å². The van der Waals surface area contributed by atoms with E-state index in [2.05, 4.69) is 0 Å². The van der Waals surface area contributed by atoms with Crippen LogP contribution >= 0.6 is 0 Å². The van der Waals surface area contributed by atoms with Gasteiger partial charge >= 0.3 is 11.9 Å². The maximum Gasteiger partial charge on any atom is 0.335 e. The molecule has 0 bridgehead atoms. The first-order chi connectivity index (χ1) is 22.1. The Bertz CT molecular complexity index is 1400. The summed E-state index contributed by atoms with van der Waals surface area (Å²) in [6.45, 7) is 4.01. The minimum Gasteiger partial charge on any atom is -0.504 e. The molecule has 2 saturated heterocycles. The summed E-state index contributed by atoms with van der Waals surface area (Å²) in [7, 11) is 1.39. The van der Waals surface area contributed by atoms with Crippen molar-refractivity contribution in [3.05, 3.63) is 47.5 Å². The summed E-state index contributed by atoms with van der Waals surface area (Å²) < 4.78 is 26.8. The van der Waals surface area contributed by atoms with Gasteiger partial charge in [0.1, 0.15) is 36.6 Å². The van der Waals surface area contributed by atoms with E-state index < -0.39 is 73.4 Å². The number of carboxylic acid groups (broad SMARTS) is 2. The summed E-state index contributed by atoms with van der Waals surface area (Å²) >= 11 is 0. The molecule has 47 heavy (non-hydrogen) atoms. The van der Waals surface area contributed by atoms with Crippen LogP contribution in [0.25, 0.3) is 0 Å². The molecule has 12 unspecified atom stereocenters. The minimum absolute atomic E-state index is 0.0561. The quantitative estimate of drug-likeness (QED) is 0.131. The van der Waals surface area contributed by atoms with Gasteiger partial charge in [-0.2, -0.15) is 0 Å². The van der Waals surface area contributed by atoms with Crippen LogP contribution in [0.15, 0.2) is 36.4 Å². The van der Waals surface area contributed by atoms with Crippen LogP contribution in [0.4, 0.5) is 0 Å². The van der Waals surface area contributed by atoms with Gasteiger partial charge in [0.25, 0.3) is 0 Å². The van der Waals surface area contributed by atoms with Crippen molar-refractivity contribution < 1.29 is 79.2 Å². The average Bonchev–Trinajstić information content (AvgIpc) is 3.02. The lowest BCUT2D eigenvalue weighted by Crippen LogP contribution is -2.61. The molecule has 260 valence electrons. The summed E-state index contributed by atoms with van der Waals surface area (Å²) in [5, 5.41) is 89.6. The highest BCUT2D eigenvalue weighted by Gasteiger charge is 2.49. The van der Waals surface area contributed by atoms with Crippen LogP contribution < -0.4 is 14.2 Å². The van der Waals surface area contributed by atoms with Gasteiger partial charge in [0, 0.05) is 0 Å². The summed E-state index contributed by atoms with van der Waals surface area (Å²) in [5.74, 6) is -3.08. The Labute approximate surface area is 268 Å². The highest BCUT2D eigenvalue weighted by Crippen LogP contribution is 2.35. The second kappa shape index (κ2) is 15.0. The van der Waals surface area contributed by atoms with E-state index >= 15 is 0 Å². The fraction of sp³-hybridized carbons (Fsp3) is 0.548. The molecule has 0 spiro atoms. The van der Waals surface area contributed by atoms with E-state index in [1.165, 1.54) is 19.2 Å². The van der Waals surface area contributed by atoms with Gasteiger partial charge in [0.15, 0.2) is 35.2 Å². The fourth-order valence-corrected chi connectivity index (χ4v) is 5.42. The minimum atomic E-state index is -1.88. The van der Waals surface area contributed by atoms with E-state index in [1.54, 1.807) is 24.3 Å². The lowest BCUT2D eigenvalue weighted by atomic mass is 9.85. The molecule has 2 aromatic carbocycles. The number of methoxy groups -OCH3 is 1. The van der Waals surface area contributed by atoms with E-state index in [1.807, 2.05) is 13.8 Å². The third-order valence-corrected chi connectivity index (χ3v) is 8.45. The van der Waals surface area contributed by atoms with E-state index in [9.17, 15) is 55.5 Å². The molecule has 2 heterocycles. The maximum absolute atomic E-state index is 11.5. The lowest BCUT2D eigenvalue weighted by Gasteiger charge is -2.38. The smallest absolute Gasteiger partial charge is 0.335 e. The molecule has 16 heteroatoms. The number of benzene rings is 2. The Balaban J connectivity index is 1.40. The van der Waals surface area contributed by atoms with Gasteiger partial charge < -0.3 is 69.6 Å². The Morgan fingerprint density at radius 3 is 1.51 bits per heavy atom. The number of aliphatic hydroxyl groups excluding tert-OH is 6. The van der Waals surface area contributed by atoms with Gasteiger partial charge in [-0.15, -0.1) is 0 Å². The first kappa shape index (κ1) is 36.1. The fourth-order valence-electron chi connectivity index (χ4n) is 5.42. The van der Waals surface area contributed by atoms with Crippen LogP contribution in [0.5, 0.6) is 23.0 Å². The zero-order chi connectivity index (χ0) is 34.7. The number of aliphatic carboxylic acids is 2. The van der Waals surface area contributed by atoms with Crippen LogP contribution in [-0.2, 0) is 31.9 Å². The third-order valence-electron chi connectivity index (χ3n) is 8.45. The highest BCUT2D eigenvalue weighted by molar-refractivity contribution is 5.74. The van der Waals surface area contributed by atoms with Crippen LogP contribution in [0.2, 0.25) is 0 Å². The number of hydrogen-bond acceptors (Lipinski definition) is 14. The molecule has 2 aliphatic heterocycles. The summed E-state index contributed by atoms with van der Waals surface area (Å²) in [4.78, 5) is 22.8. The average molecular weight is 669 g/mol. The summed E-state index contributed by atoms with van der Waals surface area (Å²) in [6, 6.07) is 9.58. The molecule has 9 N–H and O–H groups in total. The first-order valence-electron chi connectivity index (χ1n) is 14.8. The van der Waals surface area contributed by atoms with Crippen LogP contribution in [-0.4, -0.2) is 126 Å². The number of ether oxygens (including phenoxy) is 5. The zero-order valence-electron chi connectivity index (χ0n) is 25.7. The van der Waals surface area contributed by atoms with Crippen LogP contribution in [0.3, 0.4) is 0 Å². The molecule has 0 radical (unpaired) electrons. The molecule has 12 atom stereocenters. The maximum atomic E-state index is 11.5. The number of carboxylic acids is 2. The van der Waals surface area contributed by atoms with E-state index in [-0.39, 0.29) is 34.8 Å². The molecule has 0 saturated carbocycles. The lowest BCUT2D eigenvalue weighted by molar-refractivity contribution is -0.271. The number of phenols is 1. The van der Waals surface area contributed by atoms with Gasteiger partial charge in [-0.3, -0.25) is 0 Å². The van der Waals surface area contributed by atoms with E-state index in [0.29, 0.717) is 12.8 Å². The molecule has 16 nitrogen and oxygen atoms in total. The summed E-state index contributed by atoms with van der Waals surface area (Å²) in [6.07, 6.45) is -16.9. The van der Waals surface area contributed by atoms with Crippen molar-refractivity contribution in [1.29, 1.82) is 0 Å². The largest absolute Gasteiger partial charge is 0.504 e. The molecule has 2 aromatic rings. The molecule has 0 amide bonds. The van der Waals surface area contributed by atoms with Crippen molar-refractivity contribution in [2.24, 2.45) is 11.8 Å². The summed E-state index contributed by atoms with van der Waals surface area (Å²) in [5.41, 5.74) is 1.53. The van der Waals surface area contributed by atoms with Gasteiger partial charge in [0.2, 0.25) is 12.6 Å². The van der Waals surface area contributed by atoms with Crippen LogP contribution in [0, 0.1) is 11.8 Å². The predicted octanol–water partition coefficient (Wildman–Crippen LogP) is -1.000. The van der Waals surface area contributed by atoms with Crippen molar-refractivity contribution in [3.8, 4) is 23.0 Å². The number of aliphatic hydroxyl groups is 6. The zero-order valence-corrected chi connectivity index (χ0v) is 25.7. The highest BCUT2D eigenvalue weighted by atomic mass is 16.7. The van der Waals surface area contributed by atoms with Crippen molar-refractivity contribution in [3.63, 3.8) is 0 Å². The first-order valence-corrected chi connectivity index (χ1v) is 14.8. The van der Waals surface area contributed by atoms with Gasteiger partial charge in [-0.25, -0.2) is 9.59 Å². The molecular weight excluding hydrogens is 628 g/mol. The van der Waals surface area contributed by atoms with Crippen molar-refractivity contribution >= 4 is 11.9 Å². The normalized spacial score (nSPS) is 32.2. The van der Waals surface area contributed by atoms with Gasteiger partial charge in [-0.1, -0.05) is 26.0 Å². The van der Waals surface area contributed by atoms with E-state index in [4.69, 9.17) is 23.7 Å². The Morgan fingerprint density at radius 2 is 1.09 bits per heavy atom. The molecular formula is C31H40O16. The van der Waals surface area contributed by atoms with E-state index in [0.717, 1.165) is 11.1 Å². The van der Waals surface area contributed by atoms with Crippen molar-refractivity contribution in [1.82, 2.24) is 0 Å². The van der Waals surface area contributed by atoms with Gasteiger partial charge in [-0.05, 0) is 60.1 Å². The number of aromatic hydroxyl groups is 1. The third kappa shape index (κ3) is 8.05. The van der Waals surface area contributed by atoms with Gasteiger partial charge in [0.05, 0.1) is 7.11 Å². The second-order valence-electron chi connectivity index (χ2n) is 11.9. The number of phenolic OH excluding ortho intramolecular Hbond substituents is 1. The topological polar surface area (TPSA) is 262 Å². The molecule has 4 rings (SSSR count). The number of carbonyl (C=O) groups is 2.